The molecule has 1 aliphatic carbocycles. The molecule has 0 radical (unpaired) electrons. The molecule has 1 saturated carbocycles. The smallest absolute Gasteiger partial charge is 0.355 e. The molecule has 1 fully saturated rings. The fourth-order valence-electron chi connectivity index (χ4n) is 3.58. The highest BCUT2D eigenvalue weighted by atomic mass is 16.5. The number of carbonyl (C=O) groups is 3. The van der Waals surface area contributed by atoms with E-state index in [0.717, 1.165) is 19.3 Å². The Balaban J connectivity index is 1.61. The number of hydrogen-bond donors (Lipinski definition) is 1. The number of hydrazone groups is 1. The molecule has 0 bridgehead atoms. The zero-order valence-electron chi connectivity index (χ0n) is 16.4. The molecule has 1 aromatic carbocycles. The molecule has 1 aromatic rings. The van der Waals surface area contributed by atoms with E-state index in [2.05, 4.69) is 17.3 Å². The lowest BCUT2D eigenvalue weighted by Gasteiger charge is -2.30. The van der Waals surface area contributed by atoms with Crippen LogP contribution >= 0.6 is 0 Å². The summed E-state index contributed by atoms with van der Waals surface area (Å²) in [4.78, 5) is 37.1. The maximum atomic E-state index is 12.5. The summed E-state index contributed by atoms with van der Waals surface area (Å²) in [5.74, 6) is -0.708. The first-order chi connectivity index (χ1) is 13.5. The third-order valence-corrected chi connectivity index (χ3v) is 5.36. The molecule has 28 heavy (non-hydrogen) atoms. The van der Waals surface area contributed by atoms with Crippen LogP contribution in [0.25, 0.3) is 0 Å². The van der Waals surface area contributed by atoms with Gasteiger partial charge in [0.25, 0.3) is 5.91 Å². The molecule has 3 rings (SSSR count). The second-order valence-corrected chi connectivity index (χ2v) is 7.51. The first-order valence-corrected chi connectivity index (χ1v) is 9.92. The van der Waals surface area contributed by atoms with E-state index in [4.69, 9.17) is 4.74 Å². The normalized spacial score (nSPS) is 23.6. The molecule has 7 heteroatoms. The van der Waals surface area contributed by atoms with E-state index >= 15 is 0 Å². The first-order valence-electron chi connectivity index (χ1n) is 9.92. The number of carbonyl (C=O) groups excluding carboxylic acids is 3. The Hall–Kier alpha value is -2.70. The van der Waals surface area contributed by atoms with Crippen molar-refractivity contribution in [3.63, 3.8) is 0 Å². The minimum absolute atomic E-state index is 0.126. The van der Waals surface area contributed by atoms with Crippen LogP contribution in [0.1, 0.15) is 52.4 Å². The molecule has 0 aromatic heterocycles. The summed E-state index contributed by atoms with van der Waals surface area (Å²) in [7, 11) is 0. The number of ether oxygens (including phenoxy) is 1. The fraction of sp³-hybridized carbons (Fsp3) is 0.524. The first kappa shape index (κ1) is 20.0. The highest BCUT2D eigenvalue weighted by Crippen LogP contribution is 2.24. The van der Waals surface area contributed by atoms with E-state index in [-0.39, 0.29) is 36.4 Å². The van der Waals surface area contributed by atoms with Gasteiger partial charge >= 0.3 is 5.97 Å². The van der Waals surface area contributed by atoms with Crippen LogP contribution in [0.4, 0.5) is 5.69 Å². The lowest BCUT2D eigenvalue weighted by atomic mass is 9.86. The van der Waals surface area contributed by atoms with Crippen molar-refractivity contribution < 1.29 is 19.1 Å². The quantitative estimate of drug-likeness (QED) is 0.790. The van der Waals surface area contributed by atoms with Crippen LogP contribution in [0, 0.1) is 5.92 Å². The number of benzene rings is 1. The van der Waals surface area contributed by atoms with Gasteiger partial charge in [-0.25, -0.2) is 9.80 Å². The van der Waals surface area contributed by atoms with Crippen LogP contribution in [0.5, 0.6) is 0 Å². The highest BCUT2D eigenvalue weighted by molar-refractivity contribution is 6.38. The van der Waals surface area contributed by atoms with Gasteiger partial charge in [0.15, 0.2) is 6.10 Å². The van der Waals surface area contributed by atoms with E-state index in [1.807, 2.05) is 6.07 Å². The van der Waals surface area contributed by atoms with Gasteiger partial charge in [0.05, 0.1) is 5.69 Å². The molecule has 7 nitrogen and oxygen atoms in total. The summed E-state index contributed by atoms with van der Waals surface area (Å²) in [6.45, 7) is 3.69. The summed E-state index contributed by atoms with van der Waals surface area (Å²) in [5, 5.41) is 8.38. The fourth-order valence-corrected chi connectivity index (χ4v) is 3.58. The van der Waals surface area contributed by atoms with Crippen molar-refractivity contribution in [2.75, 3.05) is 5.01 Å². The monoisotopic (exact) mass is 385 g/mol. The molecule has 2 amide bonds. The number of anilines is 1. The summed E-state index contributed by atoms with van der Waals surface area (Å²) >= 11 is 0. The number of amides is 2. The van der Waals surface area contributed by atoms with Gasteiger partial charge in [-0.05, 0) is 37.8 Å². The molecule has 1 heterocycles. The lowest BCUT2D eigenvalue weighted by molar-refractivity contribution is -0.149. The van der Waals surface area contributed by atoms with Crippen molar-refractivity contribution in [2.24, 2.45) is 11.0 Å². The van der Waals surface area contributed by atoms with Gasteiger partial charge in [0.1, 0.15) is 5.71 Å². The highest BCUT2D eigenvalue weighted by Gasteiger charge is 2.30. The van der Waals surface area contributed by atoms with Crippen molar-refractivity contribution >= 4 is 29.2 Å². The number of esters is 1. The van der Waals surface area contributed by atoms with Crippen molar-refractivity contribution in [1.29, 1.82) is 0 Å². The molecular formula is C21H27N3O4. The molecule has 1 N–H and O–H groups in total. The van der Waals surface area contributed by atoms with E-state index in [1.54, 1.807) is 31.2 Å². The van der Waals surface area contributed by atoms with Gasteiger partial charge in [0, 0.05) is 18.9 Å². The van der Waals surface area contributed by atoms with Crippen molar-refractivity contribution in [1.82, 2.24) is 5.32 Å². The molecule has 2 aliphatic rings. The van der Waals surface area contributed by atoms with Crippen molar-refractivity contribution in [2.45, 2.75) is 64.5 Å². The Bertz CT molecular complexity index is 762. The van der Waals surface area contributed by atoms with Gasteiger partial charge in [0.2, 0.25) is 5.91 Å². The molecular weight excluding hydrogens is 358 g/mol. The average Bonchev–Trinajstić information content (AvgIpc) is 2.70. The van der Waals surface area contributed by atoms with Crippen LogP contribution in [0.15, 0.2) is 35.4 Å². The molecule has 3 atom stereocenters. The molecule has 150 valence electrons. The average molecular weight is 385 g/mol. The number of rotatable bonds is 5. The minimum Gasteiger partial charge on any atom is -0.448 e. The van der Waals surface area contributed by atoms with E-state index in [0.29, 0.717) is 11.6 Å². The lowest BCUT2D eigenvalue weighted by Crippen LogP contribution is -2.46. The number of para-hydroxylation sites is 1. The summed E-state index contributed by atoms with van der Waals surface area (Å²) in [5.41, 5.74) is 0.740. The van der Waals surface area contributed by atoms with Gasteiger partial charge in [-0.1, -0.05) is 38.0 Å². The van der Waals surface area contributed by atoms with Crippen LogP contribution in [-0.2, 0) is 19.1 Å². The summed E-state index contributed by atoms with van der Waals surface area (Å²) in [6.07, 6.45) is 3.80. The molecule has 1 aliphatic heterocycles. The van der Waals surface area contributed by atoms with Crippen LogP contribution in [0.2, 0.25) is 0 Å². The van der Waals surface area contributed by atoms with E-state index < -0.39 is 12.1 Å². The standard InChI is InChI=1S/C21H27N3O4/c1-14-8-6-7-11-17(14)22-20(26)15(2)28-21(27)18-12-13-19(25)24(23-18)16-9-4-3-5-10-16/h3-5,9-10,14-15,17H,6-8,11-13H2,1-2H3,(H,22,26)/t14-,15-,17-/m1/s1. The van der Waals surface area contributed by atoms with Gasteiger partial charge in [-0.3, -0.25) is 9.59 Å². The van der Waals surface area contributed by atoms with Gasteiger partial charge < -0.3 is 10.1 Å². The third-order valence-electron chi connectivity index (χ3n) is 5.36. The third kappa shape index (κ3) is 4.77. The second kappa shape index (κ2) is 8.99. The Labute approximate surface area is 165 Å². The minimum atomic E-state index is -0.910. The van der Waals surface area contributed by atoms with Gasteiger partial charge in [-0.2, -0.15) is 5.10 Å². The SMILES string of the molecule is C[C@@H]1CCCC[C@H]1NC(=O)[C@@H](C)OC(=O)C1=NN(c2ccccc2)C(=O)CC1. The second-order valence-electron chi connectivity index (χ2n) is 7.51. The van der Waals surface area contributed by atoms with Crippen LogP contribution in [0.3, 0.4) is 0 Å². The Morgan fingerprint density at radius 2 is 1.89 bits per heavy atom. The predicted molar refractivity (Wildman–Crippen MR) is 106 cm³/mol. The molecule has 0 saturated heterocycles. The number of nitrogens with one attached hydrogen (secondary N) is 1. The Morgan fingerprint density at radius 3 is 2.61 bits per heavy atom. The maximum Gasteiger partial charge on any atom is 0.355 e. The summed E-state index contributed by atoms with van der Waals surface area (Å²) in [6, 6.07) is 9.05. The van der Waals surface area contributed by atoms with E-state index in [1.165, 1.54) is 11.4 Å². The van der Waals surface area contributed by atoms with Crippen molar-refractivity contribution in [3.05, 3.63) is 30.3 Å². The van der Waals surface area contributed by atoms with Gasteiger partial charge in [-0.15, -0.1) is 0 Å². The molecule has 0 spiro atoms. The Kier molecular flexibility index (Phi) is 6.44. The topological polar surface area (TPSA) is 88.1 Å². The van der Waals surface area contributed by atoms with Crippen LogP contribution in [-0.4, -0.2) is 35.6 Å². The molecule has 0 unspecified atom stereocenters. The predicted octanol–water partition coefficient (Wildman–Crippen LogP) is 2.80. The van der Waals surface area contributed by atoms with E-state index in [9.17, 15) is 14.4 Å². The zero-order valence-corrected chi connectivity index (χ0v) is 16.4. The largest absolute Gasteiger partial charge is 0.448 e. The Morgan fingerprint density at radius 1 is 1.18 bits per heavy atom. The zero-order chi connectivity index (χ0) is 20.1. The maximum absolute atomic E-state index is 12.5. The summed E-state index contributed by atoms with van der Waals surface area (Å²) < 4.78 is 5.33. The number of hydrogen-bond acceptors (Lipinski definition) is 5. The number of nitrogens with zero attached hydrogens (tertiary/aromatic N) is 2. The van der Waals surface area contributed by atoms with Crippen molar-refractivity contribution in [3.8, 4) is 0 Å². The van der Waals surface area contributed by atoms with Crippen LogP contribution < -0.4 is 10.3 Å².